The summed E-state index contributed by atoms with van der Waals surface area (Å²) in [5.41, 5.74) is 0.984. The third-order valence-electron chi connectivity index (χ3n) is 4.97. The minimum Gasteiger partial charge on any atom is -0.321 e. The number of hydrogen-bond acceptors (Lipinski definition) is 4. The summed E-state index contributed by atoms with van der Waals surface area (Å²) in [5.74, 6) is -0.821. The van der Waals surface area contributed by atoms with Gasteiger partial charge in [0.1, 0.15) is 5.70 Å². The Labute approximate surface area is 182 Å². The number of nitro benzene ring substituents is 1. The van der Waals surface area contributed by atoms with Crippen molar-refractivity contribution in [3.8, 4) is 0 Å². The van der Waals surface area contributed by atoms with Crippen molar-refractivity contribution < 1.29 is 14.5 Å². The predicted octanol–water partition coefficient (Wildman–Crippen LogP) is 5.03. The van der Waals surface area contributed by atoms with Crippen LogP contribution >= 0.6 is 15.9 Å². The number of rotatable bonds is 6. The van der Waals surface area contributed by atoms with Gasteiger partial charge in [0.05, 0.1) is 4.92 Å². The standard InChI is InChI=1S/C22H22BrN3O4/c23-17-9-11-18(12-10-17)24-22(28)20(25-21(27)16-6-2-1-3-7-16)14-15-5-4-8-19(13-15)26(29)30/h4-5,8-14,16H,1-3,6-7H2,(H,24,28)(H,25,27). The molecule has 156 valence electrons. The van der Waals surface area contributed by atoms with E-state index in [0.29, 0.717) is 11.3 Å². The molecule has 2 N–H and O–H groups in total. The second-order valence-corrected chi connectivity index (χ2v) is 8.11. The van der Waals surface area contributed by atoms with Gasteiger partial charge in [-0.25, -0.2) is 0 Å². The van der Waals surface area contributed by atoms with E-state index in [1.165, 1.54) is 24.3 Å². The molecular weight excluding hydrogens is 450 g/mol. The highest BCUT2D eigenvalue weighted by atomic mass is 79.9. The molecule has 1 saturated carbocycles. The number of non-ortho nitro benzene ring substituents is 1. The van der Waals surface area contributed by atoms with Crippen molar-refractivity contribution in [2.24, 2.45) is 5.92 Å². The van der Waals surface area contributed by atoms with Crippen LogP contribution in [0, 0.1) is 16.0 Å². The quantitative estimate of drug-likeness (QED) is 0.350. The summed E-state index contributed by atoms with van der Waals surface area (Å²) in [6.07, 6.45) is 6.15. The molecule has 8 heteroatoms. The number of carbonyl (C=O) groups excluding carboxylic acids is 2. The van der Waals surface area contributed by atoms with Crippen LogP contribution in [0.4, 0.5) is 11.4 Å². The third-order valence-corrected chi connectivity index (χ3v) is 5.50. The highest BCUT2D eigenvalue weighted by Crippen LogP contribution is 2.24. The summed E-state index contributed by atoms with van der Waals surface area (Å²) in [6, 6.07) is 13.0. The number of nitrogens with one attached hydrogen (secondary N) is 2. The maximum absolute atomic E-state index is 12.9. The molecule has 3 rings (SSSR count). The average molecular weight is 472 g/mol. The van der Waals surface area contributed by atoms with Gasteiger partial charge in [0.15, 0.2) is 0 Å². The van der Waals surface area contributed by atoms with Crippen LogP contribution in [0.15, 0.2) is 58.7 Å². The molecule has 0 aliphatic heterocycles. The van der Waals surface area contributed by atoms with Crippen molar-refractivity contribution in [2.45, 2.75) is 32.1 Å². The number of nitrogens with zero attached hydrogens (tertiary/aromatic N) is 1. The smallest absolute Gasteiger partial charge is 0.272 e. The Bertz CT molecular complexity index is 967. The van der Waals surface area contributed by atoms with Gasteiger partial charge in [0, 0.05) is 28.2 Å². The first-order valence-corrected chi connectivity index (χ1v) is 10.6. The molecule has 0 saturated heterocycles. The molecule has 0 bridgehead atoms. The Morgan fingerprint density at radius 1 is 1.07 bits per heavy atom. The number of hydrogen-bond donors (Lipinski definition) is 2. The summed E-state index contributed by atoms with van der Waals surface area (Å²) < 4.78 is 0.874. The lowest BCUT2D eigenvalue weighted by Crippen LogP contribution is -2.35. The first kappa shape index (κ1) is 21.7. The zero-order valence-electron chi connectivity index (χ0n) is 16.3. The summed E-state index contributed by atoms with van der Waals surface area (Å²) in [7, 11) is 0. The third kappa shape index (κ3) is 6.00. The van der Waals surface area contributed by atoms with E-state index in [1.54, 1.807) is 30.3 Å². The lowest BCUT2D eigenvalue weighted by atomic mass is 9.88. The van der Waals surface area contributed by atoms with Gasteiger partial charge in [0.25, 0.3) is 11.6 Å². The van der Waals surface area contributed by atoms with Crippen molar-refractivity contribution in [1.29, 1.82) is 0 Å². The van der Waals surface area contributed by atoms with Crippen molar-refractivity contribution in [3.05, 3.63) is 74.4 Å². The summed E-state index contributed by atoms with van der Waals surface area (Å²) >= 11 is 3.34. The Kier molecular flexibility index (Phi) is 7.35. The normalized spacial score (nSPS) is 14.8. The van der Waals surface area contributed by atoms with Crippen LogP contribution < -0.4 is 10.6 Å². The molecule has 2 amide bonds. The molecule has 1 fully saturated rings. The summed E-state index contributed by atoms with van der Waals surface area (Å²) in [6.45, 7) is 0. The van der Waals surface area contributed by atoms with Gasteiger partial charge in [-0.3, -0.25) is 19.7 Å². The van der Waals surface area contributed by atoms with Crippen LogP contribution in [-0.4, -0.2) is 16.7 Å². The first-order valence-electron chi connectivity index (χ1n) is 9.76. The highest BCUT2D eigenvalue weighted by Gasteiger charge is 2.23. The minimum absolute atomic E-state index is 0.0500. The zero-order valence-corrected chi connectivity index (χ0v) is 17.9. The molecular formula is C22H22BrN3O4. The number of halogens is 1. The summed E-state index contributed by atoms with van der Waals surface area (Å²) in [4.78, 5) is 36.2. The topological polar surface area (TPSA) is 101 Å². The molecule has 0 heterocycles. The van der Waals surface area contributed by atoms with Gasteiger partial charge >= 0.3 is 0 Å². The largest absolute Gasteiger partial charge is 0.321 e. The molecule has 0 aromatic heterocycles. The number of amides is 2. The monoisotopic (exact) mass is 471 g/mol. The van der Waals surface area contributed by atoms with Gasteiger partial charge in [-0.15, -0.1) is 0 Å². The van der Waals surface area contributed by atoms with Gasteiger partial charge in [0.2, 0.25) is 5.91 Å². The van der Waals surface area contributed by atoms with Crippen molar-refractivity contribution in [1.82, 2.24) is 5.32 Å². The Morgan fingerprint density at radius 2 is 1.77 bits per heavy atom. The molecule has 7 nitrogen and oxygen atoms in total. The maximum Gasteiger partial charge on any atom is 0.272 e. The van der Waals surface area contributed by atoms with Crippen LogP contribution in [0.1, 0.15) is 37.7 Å². The van der Waals surface area contributed by atoms with Gasteiger partial charge in [-0.05, 0) is 48.7 Å². The van der Waals surface area contributed by atoms with E-state index in [4.69, 9.17) is 0 Å². The molecule has 0 radical (unpaired) electrons. The number of benzene rings is 2. The van der Waals surface area contributed by atoms with Crippen LogP contribution in [0.2, 0.25) is 0 Å². The van der Waals surface area contributed by atoms with E-state index >= 15 is 0 Å². The molecule has 0 spiro atoms. The van der Waals surface area contributed by atoms with E-state index in [0.717, 1.165) is 36.6 Å². The zero-order chi connectivity index (χ0) is 21.5. The fourth-order valence-corrected chi connectivity index (χ4v) is 3.65. The maximum atomic E-state index is 12.9. The average Bonchev–Trinajstić information content (AvgIpc) is 2.75. The van der Waals surface area contributed by atoms with Crippen molar-refractivity contribution in [3.63, 3.8) is 0 Å². The van der Waals surface area contributed by atoms with Crippen LogP contribution in [0.5, 0.6) is 0 Å². The van der Waals surface area contributed by atoms with Gasteiger partial charge in [-0.1, -0.05) is 47.3 Å². The van der Waals surface area contributed by atoms with E-state index in [2.05, 4.69) is 26.6 Å². The first-order chi connectivity index (χ1) is 14.4. The molecule has 30 heavy (non-hydrogen) atoms. The van der Waals surface area contributed by atoms with Crippen LogP contribution in [0.3, 0.4) is 0 Å². The van der Waals surface area contributed by atoms with Crippen molar-refractivity contribution in [2.75, 3.05) is 5.32 Å². The molecule has 2 aromatic rings. The number of nitro groups is 1. The van der Waals surface area contributed by atoms with Crippen LogP contribution in [0.25, 0.3) is 6.08 Å². The minimum atomic E-state index is -0.500. The molecule has 2 aromatic carbocycles. The Morgan fingerprint density at radius 3 is 2.43 bits per heavy atom. The fraction of sp³-hybridized carbons (Fsp3) is 0.273. The second kappa shape index (κ2) is 10.2. The number of anilines is 1. The summed E-state index contributed by atoms with van der Waals surface area (Å²) in [5, 5.41) is 16.6. The predicted molar refractivity (Wildman–Crippen MR) is 119 cm³/mol. The van der Waals surface area contributed by atoms with Crippen molar-refractivity contribution >= 4 is 45.2 Å². The Hall–Kier alpha value is -3.00. The lowest BCUT2D eigenvalue weighted by molar-refractivity contribution is -0.384. The van der Waals surface area contributed by atoms with E-state index in [-0.39, 0.29) is 23.2 Å². The van der Waals surface area contributed by atoms with Gasteiger partial charge in [-0.2, -0.15) is 0 Å². The molecule has 1 aliphatic rings. The molecule has 0 atom stereocenters. The molecule has 0 unspecified atom stereocenters. The SMILES string of the molecule is O=C(Nc1ccc(Br)cc1)C(=Cc1cccc([N+](=O)[O-])c1)NC(=O)C1CCCCC1. The van der Waals surface area contributed by atoms with E-state index < -0.39 is 10.8 Å². The van der Waals surface area contributed by atoms with Gasteiger partial charge < -0.3 is 10.6 Å². The lowest BCUT2D eigenvalue weighted by Gasteiger charge is -2.21. The highest BCUT2D eigenvalue weighted by molar-refractivity contribution is 9.10. The Balaban J connectivity index is 1.85. The van der Waals surface area contributed by atoms with E-state index in [9.17, 15) is 19.7 Å². The van der Waals surface area contributed by atoms with E-state index in [1.807, 2.05) is 0 Å². The number of carbonyl (C=O) groups is 2. The fourth-order valence-electron chi connectivity index (χ4n) is 3.38. The molecule has 1 aliphatic carbocycles. The second-order valence-electron chi connectivity index (χ2n) is 7.20. The van der Waals surface area contributed by atoms with Crippen LogP contribution in [-0.2, 0) is 9.59 Å².